The molecule has 6 nitrogen and oxygen atoms in total. The second kappa shape index (κ2) is 9.37. The minimum Gasteiger partial charge on any atom is -0.491 e. The van der Waals surface area contributed by atoms with Gasteiger partial charge in [-0.2, -0.15) is 4.72 Å². The van der Waals surface area contributed by atoms with E-state index >= 15 is 0 Å². The summed E-state index contributed by atoms with van der Waals surface area (Å²) in [7, 11) is -3.88. The van der Waals surface area contributed by atoms with Crippen molar-refractivity contribution in [2.75, 3.05) is 19.8 Å². The zero-order chi connectivity index (χ0) is 20.7. The summed E-state index contributed by atoms with van der Waals surface area (Å²) in [6.45, 7) is 1.97. The molecule has 3 aromatic rings. The molecule has 0 atom stereocenters. The van der Waals surface area contributed by atoms with Crippen molar-refractivity contribution in [1.82, 2.24) is 9.71 Å². The van der Waals surface area contributed by atoms with Gasteiger partial charge in [0.1, 0.15) is 12.4 Å². The third-order valence-electron chi connectivity index (χ3n) is 3.88. The van der Waals surface area contributed by atoms with Crippen molar-refractivity contribution in [2.45, 2.75) is 11.8 Å². The largest absolute Gasteiger partial charge is 0.491 e. The monoisotopic (exact) mass is 414 g/mol. The lowest BCUT2D eigenvalue weighted by Crippen LogP contribution is -2.24. The summed E-state index contributed by atoms with van der Waals surface area (Å²) in [5.41, 5.74) is 0.813. The predicted molar refractivity (Wildman–Crippen MR) is 108 cm³/mol. The van der Waals surface area contributed by atoms with Crippen LogP contribution in [0.3, 0.4) is 0 Å². The van der Waals surface area contributed by atoms with Crippen molar-refractivity contribution in [1.29, 1.82) is 0 Å². The maximum atomic E-state index is 13.8. The summed E-state index contributed by atoms with van der Waals surface area (Å²) in [6.07, 6.45) is 1.70. The number of benzene rings is 2. The normalized spacial score (nSPS) is 11.0. The highest BCUT2D eigenvalue weighted by Crippen LogP contribution is 2.21. The number of hydrogen-bond acceptors (Lipinski definition) is 5. The quantitative estimate of drug-likeness (QED) is 0.601. The third kappa shape index (κ3) is 5.44. The van der Waals surface area contributed by atoms with Gasteiger partial charge in [0, 0.05) is 17.6 Å². The molecule has 0 bridgehead atoms. The van der Waals surface area contributed by atoms with E-state index in [9.17, 15) is 12.8 Å². The Bertz CT molecular complexity index is 1170. The van der Waals surface area contributed by atoms with E-state index in [0.29, 0.717) is 5.75 Å². The molecule has 8 heteroatoms. The molecule has 0 radical (unpaired) electrons. The third-order valence-corrected chi connectivity index (χ3v) is 5.28. The van der Waals surface area contributed by atoms with Gasteiger partial charge in [-0.3, -0.25) is 4.98 Å². The van der Waals surface area contributed by atoms with Crippen LogP contribution in [0.4, 0.5) is 4.39 Å². The molecule has 0 aliphatic carbocycles. The Morgan fingerprint density at radius 3 is 2.76 bits per heavy atom. The summed E-state index contributed by atoms with van der Waals surface area (Å²) < 4.78 is 51.2. The molecule has 0 aliphatic heterocycles. The first-order valence-corrected chi connectivity index (χ1v) is 10.3. The molecule has 2 aromatic carbocycles. The number of hydrogen-bond donors (Lipinski definition) is 1. The van der Waals surface area contributed by atoms with Gasteiger partial charge in [0.05, 0.1) is 23.6 Å². The summed E-state index contributed by atoms with van der Waals surface area (Å²) in [4.78, 5) is 4.06. The first-order chi connectivity index (χ1) is 14.0. The molecular weight excluding hydrogens is 395 g/mol. The Kier molecular flexibility index (Phi) is 6.65. The number of aromatic nitrogens is 1. The standard InChI is InChI=1S/C21H19FN2O4S/c1-2-27-21-10-9-18(15-19(21)22)29(25,26)24-12-3-4-13-28-17-8-7-16-6-5-11-23-20(16)14-17/h5-11,14-15,24H,2,12-13H2,1H3. The molecule has 29 heavy (non-hydrogen) atoms. The fourth-order valence-electron chi connectivity index (χ4n) is 2.50. The van der Waals surface area contributed by atoms with E-state index in [-0.39, 0.29) is 30.4 Å². The van der Waals surface area contributed by atoms with Gasteiger partial charge in [-0.1, -0.05) is 17.9 Å². The Hall–Kier alpha value is -3.15. The van der Waals surface area contributed by atoms with Gasteiger partial charge in [-0.05, 0) is 43.3 Å². The smallest absolute Gasteiger partial charge is 0.241 e. The maximum absolute atomic E-state index is 13.8. The minimum absolute atomic E-state index is 0.00674. The molecule has 0 saturated heterocycles. The molecular formula is C21H19FN2O4S. The minimum atomic E-state index is -3.88. The summed E-state index contributed by atoms with van der Waals surface area (Å²) in [5.74, 6) is 5.29. The molecule has 150 valence electrons. The van der Waals surface area contributed by atoms with Crippen molar-refractivity contribution in [2.24, 2.45) is 0 Å². The number of nitrogens with zero attached hydrogens (tertiary/aromatic N) is 1. The van der Waals surface area contributed by atoms with Crippen LogP contribution in [0.5, 0.6) is 11.5 Å². The highest BCUT2D eigenvalue weighted by molar-refractivity contribution is 7.89. The van der Waals surface area contributed by atoms with Gasteiger partial charge in [0.2, 0.25) is 10.0 Å². The predicted octanol–water partition coefficient (Wildman–Crippen LogP) is 3.13. The van der Waals surface area contributed by atoms with Crippen LogP contribution < -0.4 is 14.2 Å². The average molecular weight is 414 g/mol. The topological polar surface area (TPSA) is 77.5 Å². The van der Waals surface area contributed by atoms with E-state index < -0.39 is 15.8 Å². The van der Waals surface area contributed by atoms with Crippen molar-refractivity contribution in [3.05, 3.63) is 60.5 Å². The van der Waals surface area contributed by atoms with Crippen LogP contribution >= 0.6 is 0 Å². The molecule has 0 aliphatic rings. The highest BCUT2D eigenvalue weighted by Gasteiger charge is 2.15. The molecule has 0 saturated carbocycles. The summed E-state index contributed by atoms with van der Waals surface area (Å²) in [5, 5.41) is 1.01. The van der Waals surface area contributed by atoms with Crippen molar-refractivity contribution in [3.8, 4) is 23.3 Å². The van der Waals surface area contributed by atoms with Crippen LogP contribution in [-0.4, -0.2) is 33.2 Å². The summed E-state index contributed by atoms with van der Waals surface area (Å²) in [6, 6.07) is 12.8. The molecule has 1 heterocycles. The fourth-order valence-corrected chi connectivity index (χ4v) is 3.44. The Morgan fingerprint density at radius 2 is 1.97 bits per heavy atom. The van der Waals surface area contributed by atoms with E-state index in [0.717, 1.165) is 17.0 Å². The van der Waals surface area contributed by atoms with Crippen molar-refractivity contribution in [3.63, 3.8) is 0 Å². The fraction of sp³-hybridized carbons (Fsp3) is 0.190. The van der Waals surface area contributed by atoms with Crippen LogP contribution in [-0.2, 0) is 10.0 Å². The zero-order valence-electron chi connectivity index (χ0n) is 15.7. The molecule has 3 rings (SSSR count). The van der Waals surface area contributed by atoms with Gasteiger partial charge in [-0.25, -0.2) is 12.8 Å². The van der Waals surface area contributed by atoms with Crippen molar-refractivity contribution < 1.29 is 22.3 Å². The van der Waals surface area contributed by atoms with Crippen LogP contribution in [0.1, 0.15) is 6.92 Å². The van der Waals surface area contributed by atoms with Crippen LogP contribution in [0, 0.1) is 17.7 Å². The van der Waals surface area contributed by atoms with Gasteiger partial charge < -0.3 is 9.47 Å². The number of pyridine rings is 1. The Balaban J connectivity index is 1.53. The first kappa shape index (κ1) is 20.6. The van der Waals surface area contributed by atoms with Gasteiger partial charge >= 0.3 is 0 Å². The van der Waals surface area contributed by atoms with Gasteiger partial charge in [0.15, 0.2) is 11.6 Å². The van der Waals surface area contributed by atoms with Crippen molar-refractivity contribution >= 4 is 20.9 Å². The summed E-state index contributed by atoms with van der Waals surface area (Å²) >= 11 is 0. The van der Waals surface area contributed by atoms with E-state index in [1.807, 2.05) is 24.3 Å². The van der Waals surface area contributed by atoms with E-state index in [1.165, 1.54) is 12.1 Å². The molecule has 0 spiro atoms. The number of fused-ring (bicyclic) bond motifs is 1. The number of sulfonamides is 1. The number of halogens is 1. The lowest BCUT2D eigenvalue weighted by atomic mass is 10.2. The molecule has 0 amide bonds. The SMILES string of the molecule is CCOc1ccc(S(=O)(=O)NCC#CCOc2ccc3cccnc3c2)cc1F. The van der Waals surface area contributed by atoms with E-state index in [1.54, 1.807) is 19.2 Å². The molecule has 0 unspecified atom stereocenters. The second-order valence-electron chi connectivity index (χ2n) is 5.85. The lowest BCUT2D eigenvalue weighted by molar-refractivity contribution is 0.321. The highest BCUT2D eigenvalue weighted by atomic mass is 32.2. The number of nitrogens with one attached hydrogen (secondary N) is 1. The van der Waals surface area contributed by atoms with Crippen LogP contribution in [0.2, 0.25) is 0 Å². The molecule has 1 aromatic heterocycles. The molecule has 1 N–H and O–H groups in total. The van der Waals surface area contributed by atoms with Gasteiger partial charge in [0.25, 0.3) is 0 Å². The lowest BCUT2D eigenvalue weighted by Gasteiger charge is -2.07. The maximum Gasteiger partial charge on any atom is 0.241 e. The van der Waals surface area contributed by atoms with Crippen LogP contribution in [0.25, 0.3) is 10.9 Å². The number of ether oxygens (including phenoxy) is 2. The zero-order valence-corrected chi connectivity index (χ0v) is 16.5. The molecule has 0 fully saturated rings. The number of rotatable bonds is 7. The van der Waals surface area contributed by atoms with Gasteiger partial charge in [-0.15, -0.1) is 0 Å². The second-order valence-corrected chi connectivity index (χ2v) is 7.62. The average Bonchev–Trinajstić information content (AvgIpc) is 2.72. The first-order valence-electron chi connectivity index (χ1n) is 8.85. The van der Waals surface area contributed by atoms with E-state index in [4.69, 9.17) is 9.47 Å². The Morgan fingerprint density at radius 1 is 1.10 bits per heavy atom. The van der Waals surface area contributed by atoms with E-state index in [2.05, 4.69) is 21.5 Å². The Labute approximate surface area is 168 Å². The van der Waals surface area contributed by atoms with Crippen LogP contribution in [0.15, 0.2) is 59.6 Å².